The molecule has 6 N–H and O–H groups in total. The van der Waals surface area contributed by atoms with Crippen molar-refractivity contribution in [2.75, 3.05) is 0 Å². The first-order valence-electron chi connectivity index (χ1n) is 20.3. The first-order valence-corrected chi connectivity index (χ1v) is 26.9. The van der Waals surface area contributed by atoms with E-state index in [-0.39, 0.29) is 21.2 Å². The molecule has 8 aromatic rings. The Labute approximate surface area is 428 Å². The molecule has 17 nitrogen and oxygen atoms in total. The Balaban J connectivity index is 1.09. The number of nitrogens with two attached hydrogens (primary N) is 2. The highest BCUT2D eigenvalue weighted by Gasteiger charge is 2.27. The first kappa shape index (κ1) is 50.6. The van der Waals surface area contributed by atoms with Crippen molar-refractivity contribution in [2.24, 2.45) is 10.3 Å². The SMILES string of the molecule is NS(=O)(=O)c1ccc(-n2nc(C(=O)NC(O[PH](=O)OC(NC(=O)c3cc(-c4cccc(Cl)c4)n(-c4ccc(S(N)(=O)=O)cc4)n3)c3ccc(Br)cc3)c3ccc(Br)cc3)cc2-c2cccc(Cl)c2)cc1. The Bertz CT molecular complexity index is 3280. The summed E-state index contributed by atoms with van der Waals surface area (Å²) in [7, 11) is -11.7. The molecule has 24 heteroatoms. The number of nitrogens with one attached hydrogen (secondary N) is 2. The summed E-state index contributed by atoms with van der Waals surface area (Å²) in [6.45, 7) is 0. The van der Waals surface area contributed by atoms with Crippen molar-refractivity contribution in [1.29, 1.82) is 0 Å². The van der Waals surface area contributed by atoms with Gasteiger partial charge in [-0.2, -0.15) is 10.2 Å². The Kier molecular flexibility index (Phi) is 15.4. The number of hydrogen-bond acceptors (Lipinski definition) is 11. The van der Waals surface area contributed by atoms with E-state index >= 15 is 0 Å². The summed E-state index contributed by atoms with van der Waals surface area (Å²) < 4.78 is 78.4. The quantitative estimate of drug-likeness (QED) is 0.0524. The van der Waals surface area contributed by atoms with Crippen LogP contribution in [-0.4, -0.2) is 48.2 Å². The molecule has 70 heavy (non-hydrogen) atoms. The van der Waals surface area contributed by atoms with Gasteiger partial charge >= 0.3 is 8.25 Å². The molecule has 0 saturated heterocycles. The molecule has 0 bridgehead atoms. The van der Waals surface area contributed by atoms with Crippen LogP contribution in [0.1, 0.15) is 44.6 Å². The minimum atomic E-state index is -4.01. The topological polar surface area (TPSA) is 250 Å². The van der Waals surface area contributed by atoms with Crippen LogP contribution in [0.25, 0.3) is 33.9 Å². The van der Waals surface area contributed by atoms with Crippen molar-refractivity contribution >= 4 is 95.2 Å². The summed E-state index contributed by atoms with van der Waals surface area (Å²) in [5.41, 5.74) is 3.20. The van der Waals surface area contributed by atoms with Gasteiger partial charge in [0.2, 0.25) is 20.0 Å². The number of primary sulfonamides is 2. The Morgan fingerprint density at radius 3 is 1.24 bits per heavy atom. The molecule has 2 aromatic heterocycles. The predicted molar refractivity (Wildman–Crippen MR) is 271 cm³/mol. The van der Waals surface area contributed by atoms with E-state index in [1.54, 1.807) is 97.1 Å². The Hall–Kier alpha value is -5.81. The molecule has 0 fully saturated rings. The number of hydrogen-bond donors (Lipinski definition) is 4. The second kappa shape index (κ2) is 21.3. The molecule has 358 valence electrons. The molecule has 2 heterocycles. The molecule has 0 aliphatic rings. The van der Waals surface area contributed by atoms with Crippen LogP contribution >= 0.6 is 63.3 Å². The van der Waals surface area contributed by atoms with Gasteiger partial charge in [-0.15, -0.1) is 0 Å². The van der Waals surface area contributed by atoms with Crippen molar-refractivity contribution in [2.45, 2.75) is 22.2 Å². The van der Waals surface area contributed by atoms with Gasteiger partial charge in [0.15, 0.2) is 23.8 Å². The number of carbonyl (C=O) groups excluding carboxylic acids is 2. The maximum absolute atomic E-state index is 14.2. The number of aromatic nitrogens is 4. The number of sulfonamides is 2. The molecular formula is C46H35Br2Cl2N8O9PS2. The van der Waals surface area contributed by atoms with Crippen LogP contribution in [0.4, 0.5) is 0 Å². The van der Waals surface area contributed by atoms with Crippen LogP contribution in [0.3, 0.4) is 0 Å². The van der Waals surface area contributed by atoms with E-state index in [0.717, 1.165) is 0 Å². The highest BCUT2D eigenvalue weighted by Crippen LogP contribution is 2.38. The van der Waals surface area contributed by atoms with Gasteiger partial charge in [0.05, 0.1) is 32.6 Å². The fourth-order valence-corrected chi connectivity index (χ4v) is 9.65. The minimum Gasteiger partial charge on any atom is -0.321 e. The summed E-state index contributed by atoms with van der Waals surface area (Å²) in [6, 6.07) is 40.9. The van der Waals surface area contributed by atoms with Crippen molar-refractivity contribution < 1.29 is 40.0 Å². The third-order valence-electron chi connectivity index (χ3n) is 10.2. The van der Waals surface area contributed by atoms with Crippen LogP contribution in [0, 0.1) is 0 Å². The summed E-state index contributed by atoms with van der Waals surface area (Å²) in [5.74, 6) is -1.54. The van der Waals surface area contributed by atoms with Gasteiger partial charge in [-0.25, -0.2) is 36.5 Å². The molecular weight excluding hydrogens is 1130 g/mol. The molecule has 0 aliphatic heterocycles. The summed E-state index contributed by atoms with van der Waals surface area (Å²) in [5, 5.41) is 26.1. The number of amides is 2. The zero-order valence-corrected chi connectivity index (χ0v) is 42.9. The number of halogens is 4. The molecule has 8 rings (SSSR count). The standard InChI is InChI=1S/C46H35Br2Cl2N8O9PS2/c47-31-11-7-27(8-12-31)45(53-43(59)39-25-41(29-3-1-5-33(49)23-29)57(55-39)35-15-19-37(20-16-35)69(51,62)63)66-68(61)67-46(28-9-13-32(48)14-10-28)54-44(60)40-26-42(30-4-2-6-34(50)24-30)58(56-40)36-17-21-38(22-18-36)70(52,64)65/h1-26,45-46,68H,(H,53,59)(H,54,60)(H2,51,62,63)(H2,52,64,65). The first-order chi connectivity index (χ1) is 33.3. The maximum atomic E-state index is 14.2. The van der Waals surface area contributed by atoms with Gasteiger partial charge in [0, 0.05) is 41.2 Å². The molecule has 0 spiro atoms. The second-order valence-electron chi connectivity index (χ2n) is 15.0. The minimum absolute atomic E-state index is 0.117. The van der Waals surface area contributed by atoms with Crippen molar-refractivity contribution in [3.8, 4) is 33.9 Å². The fourth-order valence-electron chi connectivity index (χ4n) is 6.88. The number of carbonyl (C=O) groups is 2. The lowest BCUT2D eigenvalue weighted by molar-refractivity contribution is 0.0688. The third kappa shape index (κ3) is 12.2. The van der Waals surface area contributed by atoms with E-state index in [1.807, 2.05) is 0 Å². The van der Waals surface area contributed by atoms with E-state index in [9.17, 15) is 31.0 Å². The van der Waals surface area contributed by atoms with E-state index in [1.165, 1.54) is 70.0 Å². The largest absolute Gasteiger partial charge is 0.323 e. The van der Waals surface area contributed by atoms with Gasteiger partial charge in [-0.3, -0.25) is 23.2 Å². The highest BCUT2D eigenvalue weighted by atomic mass is 79.9. The Morgan fingerprint density at radius 1 is 0.557 bits per heavy atom. The van der Waals surface area contributed by atoms with Gasteiger partial charge < -0.3 is 10.6 Å². The number of nitrogens with zero attached hydrogens (tertiary/aromatic N) is 4. The zero-order valence-electron chi connectivity index (χ0n) is 35.6. The number of benzene rings is 6. The van der Waals surface area contributed by atoms with Crippen LogP contribution in [0.2, 0.25) is 10.0 Å². The molecule has 2 amide bonds. The van der Waals surface area contributed by atoms with E-state index in [2.05, 4.69) is 52.7 Å². The third-order valence-corrected chi connectivity index (χ3v) is 14.5. The van der Waals surface area contributed by atoms with Crippen LogP contribution in [0.15, 0.2) is 176 Å². The van der Waals surface area contributed by atoms with Crippen molar-refractivity contribution in [1.82, 2.24) is 30.2 Å². The monoisotopic (exact) mass is 1170 g/mol. The molecule has 2 atom stereocenters. The molecule has 6 aromatic carbocycles. The molecule has 0 aliphatic carbocycles. The summed E-state index contributed by atoms with van der Waals surface area (Å²) >= 11 is 19.5. The van der Waals surface area contributed by atoms with Crippen LogP contribution in [0.5, 0.6) is 0 Å². The van der Waals surface area contributed by atoms with Crippen molar-refractivity contribution in [3.05, 3.63) is 199 Å². The van der Waals surface area contributed by atoms with Gasteiger partial charge in [0.25, 0.3) is 11.8 Å². The normalized spacial score (nSPS) is 13.1. The second-order valence-corrected chi connectivity index (χ2v) is 21.8. The lowest BCUT2D eigenvalue weighted by atomic mass is 10.1. The lowest BCUT2D eigenvalue weighted by Gasteiger charge is -2.23. The Morgan fingerprint density at radius 2 is 0.914 bits per heavy atom. The zero-order chi connectivity index (χ0) is 49.9. The van der Waals surface area contributed by atoms with Gasteiger partial charge in [0.1, 0.15) is 0 Å². The highest BCUT2D eigenvalue weighted by molar-refractivity contribution is 9.10. The molecule has 0 saturated carbocycles. The average molecular weight is 1170 g/mol. The van der Waals surface area contributed by atoms with Crippen LogP contribution in [-0.2, 0) is 33.7 Å². The van der Waals surface area contributed by atoms with Gasteiger partial charge in [-0.1, -0.05) is 104 Å². The average Bonchev–Trinajstić information content (AvgIpc) is 3.98. The summed E-state index contributed by atoms with van der Waals surface area (Å²) in [4.78, 5) is 28.2. The van der Waals surface area contributed by atoms with E-state index in [0.29, 0.717) is 64.0 Å². The van der Waals surface area contributed by atoms with Crippen molar-refractivity contribution in [3.63, 3.8) is 0 Å². The van der Waals surface area contributed by atoms with E-state index in [4.69, 9.17) is 42.5 Å². The fraction of sp³-hybridized carbons (Fsp3) is 0.0435. The van der Waals surface area contributed by atoms with E-state index < -0.39 is 52.6 Å². The predicted octanol–water partition coefficient (Wildman–Crippen LogP) is 9.50. The maximum Gasteiger partial charge on any atom is 0.323 e. The molecule has 0 radical (unpaired) electrons. The smallest absolute Gasteiger partial charge is 0.321 e. The number of rotatable bonds is 16. The van der Waals surface area contributed by atoms with Crippen LogP contribution < -0.4 is 20.9 Å². The summed E-state index contributed by atoms with van der Waals surface area (Å²) in [6.07, 6.45) is -2.84. The lowest BCUT2D eigenvalue weighted by Crippen LogP contribution is -2.31. The molecule has 2 unspecified atom stereocenters. The van der Waals surface area contributed by atoms with Gasteiger partial charge in [-0.05, 0) is 109 Å².